The minimum Gasteiger partial charge on any atom is -0.295 e. The normalized spacial score (nSPS) is 49.4. The van der Waals surface area contributed by atoms with E-state index >= 15 is 0 Å². The van der Waals surface area contributed by atoms with E-state index in [1.54, 1.807) is 5.57 Å². The van der Waals surface area contributed by atoms with Gasteiger partial charge in [-0.25, -0.2) is 0 Å². The monoisotopic (exact) mass is 298 g/mol. The van der Waals surface area contributed by atoms with Crippen molar-refractivity contribution in [1.82, 2.24) is 0 Å². The van der Waals surface area contributed by atoms with E-state index in [9.17, 15) is 4.79 Å². The predicted molar refractivity (Wildman–Crippen MR) is 90.5 cm³/mol. The first kappa shape index (κ1) is 14.7. The van der Waals surface area contributed by atoms with Crippen molar-refractivity contribution >= 4 is 5.78 Å². The van der Waals surface area contributed by atoms with Crippen molar-refractivity contribution in [2.45, 2.75) is 72.1 Å². The molecule has 0 N–H and O–H groups in total. The summed E-state index contributed by atoms with van der Waals surface area (Å²) in [6.07, 6.45) is 14.3. The average Bonchev–Trinajstić information content (AvgIpc) is 2.84. The summed E-state index contributed by atoms with van der Waals surface area (Å²) in [7, 11) is 0. The lowest BCUT2D eigenvalue weighted by Crippen LogP contribution is -2.49. The van der Waals surface area contributed by atoms with Crippen molar-refractivity contribution in [3.05, 3.63) is 23.3 Å². The molecule has 0 bridgehead atoms. The molecule has 0 radical (unpaired) electrons. The summed E-state index contributed by atoms with van der Waals surface area (Å²) in [5, 5.41) is 0. The second-order valence-electron chi connectivity index (χ2n) is 8.78. The maximum atomic E-state index is 11.9. The molecule has 1 heteroatoms. The van der Waals surface area contributed by atoms with E-state index < -0.39 is 0 Å². The summed E-state index contributed by atoms with van der Waals surface area (Å²) in [5.74, 6) is 3.00. The first-order chi connectivity index (χ1) is 10.5. The van der Waals surface area contributed by atoms with Crippen LogP contribution in [0.25, 0.3) is 0 Å². The van der Waals surface area contributed by atoms with Gasteiger partial charge in [0.05, 0.1) is 0 Å². The number of carbonyl (C=O) groups is 1. The van der Waals surface area contributed by atoms with E-state index in [-0.39, 0.29) is 0 Å². The molecule has 3 unspecified atom stereocenters. The third-order valence-electron chi connectivity index (χ3n) is 8.16. The minimum atomic E-state index is 0.330. The number of ketones is 1. The van der Waals surface area contributed by atoms with Gasteiger partial charge in [-0.1, -0.05) is 31.1 Å². The Hall–Kier alpha value is -0.850. The van der Waals surface area contributed by atoms with Crippen LogP contribution >= 0.6 is 0 Å². The highest BCUT2D eigenvalue weighted by Gasteiger charge is 2.57. The molecule has 4 aliphatic rings. The van der Waals surface area contributed by atoms with Crippen LogP contribution in [0.15, 0.2) is 23.3 Å². The fraction of sp³-hybridized carbons (Fsp3) is 0.762. The topological polar surface area (TPSA) is 17.1 Å². The average molecular weight is 298 g/mol. The van der Waals surface area contributed by atoms with Crippen molar-refractivity contribution in [3.8, 4) is 0 Å². The molecule has 0 aromatic rings. The lowest BCUT2D eigenvalue weighted by Gasteiger charge is -2.57. The van der Waals surface area contributed by atoms with Crippen LogP contribution < -0.4 is 0 Å². The van der Waals surface area contributed by atoms with E-state index in [1.807, 2.05) is 6.08 Å². The Bertz CT molecular complexity index is 568. The molecule has 120 valence electrons. The summed E-state index contributed by atoms with van der Waals surface area (Å²) >= 11 is 0. The fourth-order valence-corrected chi connectivity index (χ4v) is 6.88. The molecule has 1 nitrogen and oxygen atoms in total. The van der Waals surface area contributed by atoms with Crippen LogP contribution in [0.5, 0.6) is 0 Å². The van der Waals surface area contributed by atoms with E-state index in [1.165, 1.54) is 44.1 Å². The number of carbonyl (C=O) groups excluding carboxylic acids is 1. The third-order valence-corrected chi connectivity index (χ3v) is 8.16. The summed E-state index contributed by atoms with van der Waals surface area (Å²) in [4.78, 5) is 11.9. The number of hydrogen-bond donors (Lipinski definition) is 0. The molecular formula is C21H30O. The summed E-state index contributed by atoms with van der Waals surface area (Å²) < 4.78 is 0. The first-order valence-electron chi connectivity index (χ1n) is 9.38. The van der Waals surface area contributed by atoms with E-state index in [2.05, 4.69) is 26.8 Å². The predicted octanol–water partition coefficient (Wildman–Crippen LogP) is 5.46. The minimum absolute atomic E-state index is 0.330. The number of rotatable bonds is 0. The molecule has 0 aromatic heterocycles. The maximum absolute atomic E-state index is 11.9. The van der Waals surface area contributed by atoms with Crippen molar-refractivity contribution in [3.63, 3.8) is 0 Å². The van der Waals surface area contributed by atoms with Gasteiger partial charge in [-0.05, 0) is 86.5 Å². The SMILES string of the molecule is C/C=C1/CCC2C3CCC4=CC(=O)CC[C@]4(C)C3CC[C@]12C. The van der Waals surface area contributed by atoms with E-state index in [0.29, 0.717) is 16.6 Å². The molecule has 0 saturated heterocycles. The first-order valence-corrected chi connectivity index (χ1v) is 9.38. The highest BCUT2D eigenvalue weighted by atomic mass is 16.1. The van der Waals surface area contributed by atoms with Crippen LogP contribution in [-0.2, 0) is 4.79 Å². The summed E-state index contributed by atoms with van der Waals surface area (Å²) in [6.45, 7) is 7.27. The Morgan fingerprint density at radius 1 is 1.00 bits per heavy atom. The Kier molecular flexibility index (Phi) is 3.23. The van der Waals surface area contributed by atoms with Crippen LogP contribution in [0.1, 0.15) is 72.1 Å². The van der Waals surface area contributed by atoms with E-state index in [0.717, 1.165) is 30.6 Å². The van der Waals surface area contributed by atoms with Gasteiger partial charge in [0.2, 0.25) is 0 Å². The van der Waals surface area contributed by atoms with Crippen LogP contribution in [0.3, 0.4) is 0 Å². The zero-order chi connectivity index (χ0) is 15.5. The van der Waals surface area contributed by atoms with Crippen molar-refractivity contribution < 1.29 is 4.79 Å². The van der Waals surface area contributed by atoms with Crippen molar-refractivity contribution in [1.29, 1.82) is 0 Å². The lowest BCUT2D eigenvalue weighted by atomic mass is 9.47. The Morgan fingerprint density at radius 3 is 2.55 bits per heavy atom. The second kappa shape index (κ2) is 4.82. The van der Waals surface area contributed by atoms with Gasteiger partial charge in [-0.15, -0.1) is 0 Å². The smallest absolute Gasteiger partial charge is 0.155 e. The van der Waals surface area contributed by atoms with Gasteiger partial charge < -0.3 is 0 Å². The number of allylic oxidation sites excluding steroid dienone is 3. The molecule has 3 fully saturated rings. The number of hydrogen-bond acceptors (Lipinski definition) is 1. The quantitative estimate of drug-likeness (QED) is 0.542. The van der Waals surface area contributed by atoms with Gasteiger partial charge in [0.1, 0.15) is 0 Å². The molecule has 22 heavy (non-hydrogen) atoms. The Morgan fingerprint density at radius 2 is 1.77 bits per heavy atom. The molecule has 0 amide bonds. The lowest BCUT2D eigenvalue weighted by molar-refractivity contribution is -0.117. The highest BCUT2D eigenvalue weighted by molar-refractivity contribution is 5.91. The van der Waals surface area contributed by atoms with Crippen molar-refractivity contribution in [2.24, 2.45) is 28.6 Å². The van der Waals surface area contributed by atoms with Gasteiger partial charge in [0.15, 0.2) is 5.78 Å². The molecule has 0 heterocycles. The molecular weight excluding hydrogens is 268 g/mol. The van der Waals surface area contributed by atoms with E-state index in [4.69, 9.17) is 0 Å². The van der Waals surface area contributed by atoms with Crippen LogP contribution in [-0.4, -0.2) is 5.78 Å². The second-order valence-corrected chi connectivity index (χ2v) is 8.78. The Balaban J connectivity index is 1.70. The molecule has 3 saturated carbocycles. The fourth-order valence-electron chi connectivity index (χ4n) is 6.88. The molecule has 0 aliphatic heterocycles. The molecule has 0 aromatic carbocycles. The highest BCUT2D eigenvalue weighted by Crippen LogP contribution is 2.66. The number of fused-ring (bicyclic) bond motifs is 5. The summed E-state index contributed by atoms with van der Waals surface area (Å²) in [5.41, 5.74) is 4.05. The van der Waals surface area contributed by atoms with Gasteiger partial charge in [0.25, 0.3) is 0 Å². The molecule has 0 spiro atoms. The van der Waals surface area contributed by atoms with Gasteiger partial charge in [0, 0.05) is 6.42 Å². The Labute approximate surface area is 135 Å². The van der Waals surface area contributed by atoms with Crippen LogP contribution in [0, 0.1) is 28.6 Å². The van der Waals surface area contributed by atoms with Crippen molar-refractivity contribution in [2.75, 3.05) is 0 Å². The molecule has 4 rings (SSSR count). The largest absolute Gasteiger partial charge is 0.295 e. The third kappa shape index (κ3) is 1.80. The van der Waals surface area contributed by atoms with Gasteiger partial charge in [-0.3, -0.25) is 4.79 Å². The maximum Gasteiger partial charge on any atom is 0.155 e. The standard InChI is InChI=1S/C21H30O/c1-4-14-6-8-18-17-7-5-15-13-16(22)9-11-21(15,3)19(17)10-12-20(14,18)2/h4,13,17-19H,5-12H2,1-3H3/b14-4-/t17?,18?,19?,20-,21+/m1/s1. The zero-order valence-corrected chi connectivity index (χ0v) is 14.5. The van der Waals surface area contributed by atoms with Crippen LogP contribution in [0.4, 0.5) is 0 Å². The summed E-state index contributed by atoms with van der Waals surface area (Å²) in [6, 6.07) is 0. The van der Waals surface area contributed by atoms with Gasteiger partial charge >= 0.3 is 0 Å². The molecule has 5 atom stereocenters. The zero-order valence-electron chi connectivity index (χ0n) is 14.5. The van der Waals surface area contributed by atoms with Gasteiger partial charge in [-0.2, -0.15) is 0 Å². The molecule has 4 aliphatic carbocycles. The van der Waals surface area contributed by atoms with Crippen LogP contribution in [0.2, 0.25) is 0 Å².